The van der Waals surface area contributed by atoms with E-state index in [2.05, 4.69) is 0 Å². The number of hydrogen-bond acceptors (Lipinski definition) is 3. The summed E-state index contributed by atoms with van der Waals surface area (Å²) in [6, 6.07) is 0. The molecule has 3 saturated carbocycles. The number of aliphatic carboxylic acids is 1. The van der Waals surface area contributed by atoms with E-state index in [0.717, 1.165) is 12.8 Å². The number of halogens is 1. The summed E-state index contributed by atoms with van der Waals surface area (Å²) in [5, 5.41) is 8.99. The molecule has 1 heterocycles. The number of carbonyl (C=O) groups excluding carboxylic acids is 1. The number of alkyl halides is 1. The van der Waals surface area contributed by atoms with E-state index in [0.29, 0.717) is 0 Å². The summed E-state index contributed by atoms with van der Waals surface area (Å²) in [6.45, 7) is 0. The maximum atomic E-state index is 11.7. The van der Waals surface area contributed by atoms with Gasteiger partial charge in [0.05, 0.1) is 17.2 Å². The number of carboxylic acids is 1. The maximum absolute atomic E-state index is 11.7. The largest absolute Gasteiger partial charge is 0.481 e. The van der Waals surface area contributed by atoms with Gasteiger partial charge in [-0.2, -0.15) is 0 Å². The Morgan fingerprint density at radius 1 is 1.44 bits per heavy atom. The van der Waals surface area contributed by atoms with Crippen LogP contribution in [0.5, 0.6) is 0 Å². The number of esters is 1. The Kier molecular flexibility index (Phi) is 1.39. The van der Waals surface area contributed by atoms with Crippen molar-refractivity contribution >= 4 is 23.5 Å². The third-order valence-corrected chi connectivity index (χ3v) is 5.66. The zero-order valence-electron chi connectivity index (χ0n) is 8.43. The molecule has 1 spiro atoms. The molecule has 0 aromatic carbocycles. The van der Waals surface area contributed by atoms with E-state index >= 15 is 0 Å². The van der Waals surface area contributed by atoms with Crippen LogP contribution in [0.2, 0.25) is 0 Å². The van der Waals surface area contributed by atoms with Crippen LogP contribution in [0.4, 0.5) is 0 Å². The lowest BCUT2D eigenvalue weighted by molar-refractivity contribution is -0.151. The number of rotatable bonds is 1. The number of hydrogen-bond donors (Lipinski definition) is 1. The van der Waals surface area contributed by atoms with Crippen molar-refractivity contribution in [3.05, 3.63) is 0 Å². The van der Waals surface area contributed by atoms with Crippen LogP contribution in [0.15, 0.2) is 0 Å². The van der Waals surface area contributed by atoms with Crippen LogP contribution in [-0.2, 0) is 14.3 Å². The fraction of sp³-hybridized carbons (Fsp3) is 0.818. The molecule has 16 heavy (non-hydrogen) atoms. The van der Waals surface area contributed by atoms with E-state index in [1.807, 2.05) is 0 Å². The molecule has 0 amide bonds. The molecule has 0 aromatic rings. The number of ether oxygens (including phenoxy) is 1. The van der Waals surface area contributed by atoms with Gasteiger partial charge in [-0.15, -0.1) is 11.6 Å². The molecule has 0 aromatic heterocycles. The van der Waals surface area contributed by atoms with Crippen molar-refractivity contribution in [3.8, 4) is 0 Å². The summed E-state index contributed by atoms with van der Waals surface area (Å²) in [5.41, 5.74) is 0.0248. The van der Waals surface area contributed by atoms with Gasteiger partial charge in [-0.05, 0) is 24.2 Å². The van der Waals surface area contributed by atoms with Crippen molar-refractivity contribution in [3.63, 3.8) is 0 Å². The lowest BCUT2D eigenvalue weighted by Crippen LogP contribution is -2.38. The Hall–Kier alpha value is -0.770. The third kappa shape index (κ3) is 0.725. The van der Waals surface area contributed by atoms with E-state index in [4.69, 9.17) is 16.3 Å². The van der Waals surface area contributed by atoms with E-state index < -0.39 is 17.8 Å². The summed E-state index contributed by atoms with van der Waals surface area (Å²) in [7, 11) is 0. The Balaban J connectivity index is 1.89. The number of carbonyl (C=O) groups is 2. The van der Waals surface area contributed by atoms with Gasteiger partial charge < -0.3 is 9.84 Å². The molecule has 6 atom stereocenters. The predicted octanol–water partition coefficient (Wildman–Crippen LogP) is 0.876. The molecule has 4 rings (SSSR count). The van der Waals surface area contributed by atoms with Crippen LogP contribution >= 0.6 is 11.6 Å². The SMILES string of the molecule is O=C(O)[C@@H]1[C@@H]2C(=O)O[C@@H]3[C@@H](Cl)[C@H]1C1(CC1)[C@H]32. The van der Waals surface area contributed by atoms with Crippen molar-refractivity contribution in [2.45, 2.75) is 24.3 Å². The second-order valence-corrected chi connectivity index (χ2v) is 6.02. The fourth-order valence-corrected chi connectivity index (χ4v) is 5.21. The maximum Gasteiger partial charge on any atom is 0.310 e. The van der Waals surface area contributed by atoms with Crippen LogP contribution in [0.25, 0.3) is 0 Å². The summed E-state index contributed by atoms with van der Waals surface area (Å²) in [4.78, 5) is 23.0. The van der Waals surface area contributed by atoms with Crippen molar-refractivity contribution < 1.29 is 19.4 Å². The highest BCUT2D eigenvalue weighted by Gasteiger charge is 2.81. The van der Waals surface area contributed by atoms with Gasteiger partial charge in [-0.3, -0.25) is 9.59 Å². The van der Waals surface area contributed by atoms with E-state index in [1.54, 1.807) is 0 Å². The topological polar surface area (TPSA) is 63.6 Å². The molecule has 2 bridgehead atoms. The van der Waals surface area contributed by atoms with Gasteiger partial charge in [-0.25, -0.2) is 0 Å². The van der Waals surface area contributed by atoms with Crippen LogP contribution in [0, 0.1) is 29.1 Å². The monoisotopic (exact) mass is 242 g/mol. The van der Waals surface area contributed by atoms with Gasteiger partial charge in [0.15, 0.2) is 0 Å². The highest BCUT2D eigenvalue weighted by Crippen LogP contribution is 2.77. The molecule has 4 nitrogen and oxygen atoms in total. The van der Waals surface area contributed by atoms with Gasteiger partial charge in [-0.1, -0.05) is 0 Å². The zero-order chi connectivity index (χ0) is 11.2. The smallest absolute Gasteiger partial charge is 0.310 e. The van der Waals surface area contributed by atoms with E-state index in [-0.39, 0.29) is 34.7 Å². The van der Waals surface area contributed by atoms with Crippen molar-refractivity contribution in [2.75, 3.05) is 0 Å². The Labute approximate surface area is 96.9 Å². The summed E-state index contributed by atoms with van der Waals surface area (Å²) < 4.78 is 5.27. The molecule has 0 unspecified atom stereocenters. The average molecular weight is 243 g/mol. The highest BCUT2D eigenvalue weighted by atomic mass is 35.5. The minimum absolute atomic E-state index is 0.0248. The first kappa shape index (κ1) is 9.28. The van der Waals surface area contributed by atoms with E-state index in [9.17, 15) is 14.7 Å². The number of carboxylic acid groups (broad SMARTS) is 1. The van der Waals surface area contributed by atoms with Gasteiger partial charge in [0.25, 0.3) is 0 Å². The summed E-state index contributed by atoms with van der Waals surface area (Å²) in [6.07, 6.45) is 1.81. The first-order valence-electron chi connectivity index (χ1n) is 5.65. The third-order valence-electron chi connectivity index (χ3n) is 5.14. The molecule has 1 aliphatic heterocycles. The Morgan fingerprint density at radius 2 is 2.12 bits per heavy atom. The van der Waals surface area contributed by atoms with Crippen LogP contribution < -0.4 is 0 Å². The second-order valence-electron chi connectivity index (χ2n) is 5.52. The van der Waals surface area contributed by atoms with Gasteiger partial charge >= 0.3 is 11.9 Å². The lowest BCUT2D eigenvalue weighted by Gasteiger charge is -2.24. The molecular weight excluding hydrogens is 232 g/mol. The minimum atomic E-state index is -0.883. The van der Waals surface area contributed by atoms with Gasteiger partial charge in [0.2, 0.25) is 0 Å². The molecule has 4 aliphatic rings. The average Bonchev–Trinajstić information content (AvgIpc) is 2.80. The molecular formula is C11H11ClO4. The predicted molar refractivity (Wildman–Crippen MR) is 52.8 cm³/mol. The van der Waals surface area contributed by atoms with Crippen molar-refractivity contribution in [1.29, 1.82) is 0 Å². The van der Waals surface area contributed by atoms with Gasteiger partial charge in [0, 0.05) is 5.92 Å². The Bertz CT molecular complexity index is 416. The second kappa shape index (κ2) is 2.40. The Morgan fingerprint density at radius 3 is 2.69 bits per heavy atom. The lowest BCUT2D eigenvalue weighted by atomic mass is 9.80. The first-order chi connectivity index (χ1) is 7.58. The molecule has 4 fully saturated rings. The van der Waals surface area contributed by atoms with Crippen molar-refractivity contribution in [1.82, 2.24) is 0 Å². The zero-order valence-corrected chi connectivity index (χ0v) is 9.18. The minimum Gasteiger partial charge on any atom is -0.481 e. The molecule has 5 heteroatoms. The molecule has 3 aliphatic carbocycles. The highest BCUT2D eigenvalue weighted by molar-refractivity contribution is 6.22. The molecule has 1 saturated heterocycles. The molecule has 86 valence electrons. The van der Waals surface area contributed by atoms with Crippen LogP contribution in [0.1, 0.15) is 12.8 Å². The van der Waals surface area contributed by atoms with Crippen LogP contribution in [0.3, 0.4) is 0 Å². The summed E-state index contributed by atoms with van der Waals surface area (Å²) >= 11 is 6.29. The molecule has 1 N–H and O–H groups in total. The van der Waals surface area contributed by atoms with Gasteiger partial charge in [0.1, 0.15) is 6.10 Å². The normalized spacial score (nSPS) is 54.4. The summed E-state index contributed by atoms with van der Waals surface area (Å²) in [5.74, 6) is -2.23. The fourth-order valence-electron chi connectivity index (χ4n) is 4.60. The van der Waals surface area contributed by atoms with Crippen molar-refractivity contribution in [2.24, 2.45) is 29.1 Å². The first-order valence-corrected chi connectivity index (χ1v) is 6.09. The van der Waals surface area contributed by atoms with Crippen LogP contribution in [-0.4, -0.2) is 28.5 Å². The molecule has 0 radical (unpaired) electrons. The standard InChI is InChI=1S/C11H11ClO4/c12-7-5-3(9(13)14)4-6(11(5)1-2-11)8(7)16-10(4)15/h3-8H,1-2H2,(H,13,14)/t3-,4+,5+,6+,7+,8+/m1/s1. The van der Waals surface area contributed by atoms with E-state index in [1.165, 1.54) is 0 Å². The quantitative estimate of drug-likeness (QED) is 0.548.